The van der Waals surface area contributed by atoms with Crippen LogP contribution in [0.1, 0.15) is 44.7 Å². The van der Waals surface area contributed by atoms with Crippen molar-refractivity contribution >= 4 is 5.91 Å². The predicted octanol–water partition coefficient (Wildman–Crippen LogP) is 2.16. The van der Waals surface area contributed by atoms with Gasteiger partial charge < -0.3 is 15.4 Å². The molecule has 1 unspecified atom stereocenters. The third-order valence-corrected chi connectivity index (χ3v) is 4.06. The fraction of sp³-hybridized carbons (Fsp3) is 0.588. The van der Waals surface area contributed by atoms with Gasteiger partial charge in [-0.1, -0.05) is 12.1 Å². The third-order valence-electron chi connectivity index (χ3n) is 4.06. The Hall–Kier alpha value is -1.55. The lowest BCUT2D eigenvalue weighted by Crippen LogP contribution is -2.42. The molecular formula is C17H24N2O2. The van der Waals surface area contributed by atoms with Crippen molar-refractivity contribution in [3.05, 3.63) is 29.3 Å². The number of hydrogen-bond acceptors (Lipinski definition) is 3. The van der Waals surface area contributed by atoms with E-state index in [1.807, 2.05) is 13.0 Å². The predicted molar refractivity (Wildman–Crippen MR) is 82.3 cm³/mol. The van der Waals surface area contributed by atoms with E-state index in [4.69, 9.17) is 4.74 Å². The number of ether oxygens (including phenoxy) is 1. The summed E-state index contributed by atoms with van der Waals surface area (Å²) in [6.07, 6.45) is 3.19. The quantitative estimate of drug-likeness (QED) is 0.873. The van der Waals surface area contributed by atoms with Crippen LogP contribution in [0, 0.1) is 0 Å². The van der Waals surface area contributed by atoms with Gasteiger partial charge in [0.1, 0.15) is 11.4 Å². The fourth-order valence-electron chi connectivity index (χ4n) is 2.69. The van der Waals surface area contributed by atoms with Crippen molar-refractivity contribution in [2.45, 2.75) is 64.3 Å². The first kappa shape index (κ1) is 14.4. The van der Waals surface area contributed by atoms with Crippen molar-refractivity contribution < 1.29 is 9.53 Å². The molecule has 4 heteroatoms. The highest BCUT2D eigenvalue weighted by Crippen LogP contribution is 2.35. The summed E-state index contributed by atoms with van der Waals surface area (Å²) in [4.78, 5) is 11.9. The van der Waals surface area contributed by atoms with Gasteiger partial charge in [0.25, 0.3) is 0 Å². The van der Waals surface area contributed by atoms with Gasteiger partial charge in [-0.25, -0.2) is 0 Å². The number of hydrogen-bond donors (Lipinski definition) is 2. The van der Waals surface area contributed by atoms with Crippen LogP contribution in [0.2, 0.25) is 0 Å². The Balaban J connectivity index is 1.55. The molecule has 1 aliphatic carbocycles. The van der Waals surface area contributed by atoms with Crippen molar-refractivity contribution in [3.8, 4) is 5.75 Å². The highest BCUT2D eigenvalue weighted by atomic mass is 16.5. The molecule has 1 aromatic carbocycles. The Morgan fingerprint density at radius 1 is 1.43 bits per heavy atom. The molecule has 1 heterocycles. The molecule has 21 heavy (non-hydrogen) atoms. The minimum absolute atomic E-state index is 0.100. The molecule has 0 radical (unpaired) electrons. The molecule has 2 aliphatic rings. The van der Waals surface area contributed by atoms with Crippen LogP contribution in [0.3, 0.4) is 0 Å². The molecule has 114 valence electrons. The van der Waals surface area contributed by atoms with E-state index in [1.54, 1.807) is 0 Å². The highest BCUT2D eigenvalue weighted by molar-refractivity contribution is 5.81. The zero-order valence-corrected chi connectivity index (χ0v) is 13.0. The highest BCUT2D eigenvalue weighted by Gasteiger charge is 2.30. The SMILES string of the molecule is CC(NCc1ccc2c(c1)CC(C)(C)O2)C(=O)NC1CC1. The maximum Gasteiger partial charge on any atom is 0.237 e. The topological polar surface area (TPSA) is 50.4 Å². The fourth-order valence-corrected chi connectivity index (χ4v) is 2.69. The summed E-state index contributed by atoms with van der Waals surface area (Å²) in [5, 5.41) is 6.31. The summed E-state index contributed by atoms with van der Waals surface area (Å²) < 4.78 is 5.88. The summed E-state index contributed by atoms with van der Waals surface area (Å²) >= 11 is 0. The monoisotopic (exact) mass is 288 g/mol. The van der Waals surface area contributed by atoms with Gasteiger partial charge in [0.15, 0.2) is 0 Å². The molecule has 0 aromatic heterocycles. The van der Waals surface area contributed by atoms with E-state index in [0.29, 0.717) is 12.6 Å². The first-order chi connectivity index (χ1) is 9.93. The Bertz CT molecular complexity index is 550. The van der Waals surface area contributed by atoms with Crippen LogP contribution in [-0.2, 0) is 17.8 Å². The van der Waals surface area contributed by atoms with Crippen LogP contribution in [0.4, 0.5) is 0 Å². The average Bonchev–Trinajstić information content (AvgIpc) is 3.16. The number of fused-ring (bicyclic) bond motifs is 1. The molecule has 2 N–H and O–H groups in total. The van der Waals surface area contributed by atoms with Gasteiger partial charge in [-0.2, -0.15) is 0 Å². The van der Waals surface area contributed by atoms with Gasteiger partial charge >= 0.3 is 0 Å². The first-order valence-corrected chi connectivity index (χ1v) is 7.77. The summed E-state index contributed by atoms with van der Waals surface area (Å²) in [5.41, 5.74) is 2.35. The van der Waals surface area contributed by atoms with Crippen molar-refractivity contribution in [1.82, 2.24) is 10.6 Å². The van der Waals surface area contributed by atoms with Gasteiger partial charge in [-0.05, 0) is 50.8 Å². The van der Waals surface area contributed by atoms with E-state index in [-0.39, 0.29) is 17.6 Å². The summed E-state index contributed by atoms with van der Waals surface area (Å²) in [7, 11) is 0. The number of carbonyl (C=O) groups is 1. The summed E-state index contributed by atoms with van der Waals surface area (Å²) in [6, 6.07) is 6.55. The van der Waals surface area contributed by atoms with E-state index in [0.717, 1.165) is 25.0 Å². The van der Waals surface area contributed by atoms with Crippen molar-refractivity contribution in [3.63, 3.8) is 0 Å². The molecule has 0 spiro atoms. The molecule has 1 amide bonds. The summed E-state index contributed by atoms with van der Waals surface area (Å²) in [5.74, 6) is 1.09. The van der Waals surface area contributed by atoms with Gasteiger partial charge in [0.05, 0.1) is 6.04 Å². The van der Waals surface area contributed by atoms with Crippen LogP contribution < -0.4 is 15.4 Å². The minimum Gasteiger partial charge on any atom is -0.487 e. The molecule has 0 saturated heterocycles. The smallest absolute Gasteiger partial charge is 0.237 e. The van der Waals surface area contributed by atoms with Crippen molar-refractivity contribution in [2.75, 3.05) is 0 Å². The van der Waals surface area contributed by atoms with E-state index in [9.17, 15) is 4.79 Å². The normalized spacial score (nSPS) is 20.5. The van der Waals surface area contributed by atoms with Gasteiger partial charge in [0.2, 0.25) is 5.91 Å². The molecule has 1 atom stereocenters. The number of rotatable bonds is 5. The lowest BCUT2D eigenvalue weighted by Gasteiger charge is -2.16. The van der Waals surface area contributed by atoms with E-state index in [1.165, 1.54) is 11.1 Å². The van der Waals surface area contributed by atoms with Crippen LogP contribution in [0.15, 0.2) is 18.2 Å². The van der Waals surface area contributed by atoms with Crippen molar-refractivity contribution in [2.24, 2.45) is 0 Å². The van der Waals surface area contributed by atoms with Crippen LogP contribution >= 0.6 is 0 Å². The zero-order valence-electron chi connectivity index (χ0n) is 13.0. The molecule has 4 nitrogen and oxygen atoms in total. The maximum absolute atomic E-state index is 11.9. The molecule has 1 saturated carbocycles. The third kappa shape index (κ3) is 3.56. The molecule has 1 fully saturated rings. The van der Waals surface area contributed by atoms with Gasteiger partial charge in [0, 0.05) is 19.0 Å². The minimum atomic E-state index is -0.161. The standard InChI is InChI=1S/C17H24N2O2/c1-11(16(20)19-14-5-6-14)18-10-12-4-7-15-13(8-12)9-17(2,3)21-15/h4,7-8,11,14,18H,5-6,9-10H2,1-3H3,(H,19,20). The van der Waals surface area contributed by atoms with E-state index in [2.05, 4.69) is 36.6 Å². The number of nitrogens with one attached hydrogen (secondary N) is 2. The van der Waals surface area contributed by atoms with Crippen LogP contribution in [-0.4, -0.2) is 23.6 Å². The molecule has 0 bridgehead atoms. The van der Waals surface area contributed by atoms with Gasteiger partial charge in [-0.3, -0.25) is 4.79 Å². The van der Waals surface area contributed by atoms with E-state index < -0.39 is 0 Å². The lowest BCUT2D eigenvalue weighted by atomic mass is 10.0. The number of benzene rings is 1. The van der Waals surface area contributed by atoms with Crippen molar-refractivity contribution in [1.29, 1.82) is 0 Å². The molecule has 3 rings (SSSR count). The zero-order chi connectivity index (χ0) is 15.0. The molecular weight excluding hydrogens is 264 g/mol. The lowest BCUT2D eigenvalue weighted by molar-refractivity contribution is -0.122. The Morgan fingerprint density at radius 2 is 2.19 bits per heavy atom. The Morgan fingerprint density at radius 3 is 2.90 bits per heavy atom. The largest absolute Gasteiger partial charge is 0.487 e. The second kappa shape index (κ2) is 5.34. The first-order valence-electron chi connectivity index (χ1n) is 7.77. The molecule has 1 aliphatic heterocycles. The number of amides is 1. The Kier molecular flexibility index (Phi) is 3.66. The Labute approximate surface area is 126 Å². The maximum atomic E-state index is 11.9. The van der Waals surface area contributed by atoms with Gasteiger partial charge in [-0.15, -0.1) is 0 Å². The molecule has 1 aromatic rings. The van der Waals surface area contributed by atoms with Crippen LogP contribution in [0.5, 0.6) is 5.75 Å². The second-order valence-corrected chi connectivity index (χ2v) is 6.87. The number of carbonyl (C=O) groups excluding carboxylic acids is 1. The second-order valence-electron chi connectivity index (χ2n) is 6.87. The van der Waals surface area contributed by atoms with E-state index >= 15 is 0 Å². The average molecular weight is 288 g/mol. The van der Waals surface area contributed by atoms with Crippen LogP contribution in [0.25, 0.3) is 0 Å². The summed E-state index contributed by atoms with van der Waals surface area (Å²) in [6.45, 7) is 6.83.